The van der Waals surface area contributed by atoms with Gasteiger partial charge in [0.2, 0.25) is 5.91 Å². The third-order valence-corrected chi connectivity index (χ3v) is 4.42. The Balaban J connectivity index is 1.50. The van der Waals surface area contributed by atoms with Crippen molar-refractivity contribution in [2.24, 2.45) is 4.99 Å². The number of fused-ring (bicyclic) bond motifs is 1. The van der Waals surface area contributed by atoms with Gasteiger partial charge >= 0.3 is 0 Å². The van der Waals surface area contributed by atoms with E-state index in [-0.39, 0.29) is 12.5 Å². The molecule has 7 nitrogen and oxygen atoms in total. The van der Waals surface area contributed by atoms with Crippen molar-refractivity contribution in [1.29, 1.82) is 0 Å². The maximum Gasteiger partial charge on any atom is 0.246 e. The van der Waals surface area contributed by atoms with E-state index in [4.69, 9.17) is 4.52 Å². The lowest BCUT2D eigenvalue weighted by Gasteiger charge is -2.18. The largest absolute Gasteiger partial charge is 0.359 e. The first kappa shape index (κ1) is 18.0. The Labute approximate surface area is 153 Å². The number of nitrogens with one attached hydrogen (secondary N) is 2. The average molecular weight is 355 g/mol. The molecule has 138 valence electrons. The number of nitrogens with zero attached hydrogens (tertiary/aromatic N) is 3. The van der Waals surface area contributed by atoms with E-state index in [1.54, 1.807) is 7.05 Å². The molecule has 0 fully saturated rings. The van der Waals surface area contributed by atoms with E-state index in [1.807, 2.05) is 29.2 Å². The molecule has 0 saturated heterocycles. The molecule has 1 aromatic heterocycles. The van der Waals surface area contributed by atoms with Crippen LogP contribution in [0.1, 0.15) is 36.8 Å². The molecule has 7 heteroatoms. The molecule has 2 N–H and O–H groups in total. The Morgan fingerprint density at radius 2 is 2.15 bits per heavy atom. The number of rotatable bonds is 5. The highest BCUT2D eigenvalue weighted by atomic mass is 16.5. The fourth-order valence-electron chi connectivity index (χ4n) is 2.93. The first-order chi connectivity index (χ1) is 12.6. The molecule has 26 heavy (non-hydrogen) atoms. The van der Waals surface area contributed by atoms with Crippen LogP contribution in [0.25, 0.3) is 0 Å². The number of aliphatic imine (C=N–C) groups is 1. The van der Waals surface area contributed by atoms with Crippen molar-refractivity contribution in [1.82, 2.24) is 15.8 Å². The normalized spacial score (nSPS) is 13.8. The third kappa shape index (κ3) is 4.04. The highest BCUT2D eigenvalue weighted by Crippen LogP contribution is 2.27. The van der Waals surface area contributed by atoms with Gasteiger partial charge in [0.15, 0.2) is 11.7 Å². The molecule has 0 atom stereocenters. The van der Waals surface area contributed by atoms with Crippen molar-refractivity contribution in [3.05, 3.63) is 47.3 Å². The number of anilines is 1. The van der Waals surface area contributed by atoms with Crippen LogP contribution in [-0.4, -0.2) is 37.2 Å². The molecule has 0 radical (unpaired) electrons. The number of para-hydroxylation sites is 1. The number of amides is 1. The maximum absolute atomic E-state index is 12.5. The molecular weight excluding hydrogens is 330 g/mol. The first-order valence-corrected chi connectivity index (χ1v) is 8.86. The lowest BCUT2D eigenvalue weighted by molar-refractivity contribution is -0.117. The zero-order chi connectivity index (χ0) is 18.5. The van der Waals surface area contributed by atoms with Crippen LogP contribution in [0.5, 0.6) is 0 Å². The summed E-state index contributed by atoms with van der Waals surface area (Å²) in [5, 5.41) is 10.2. The van der Waals surface area contributed by atoms with Gasteiger partial charge in [-0.3, -0.25) is 9.79 Å². The standard InChI is InChI=1S/C19H25N5O2/c1-13(2)16-10-15(26-23-16)11-21-19(20-3)22-12-18(25)24-9-8-14-6-4-5-7-17(14)24/h4-7,10,13H,8-9,11-12H2,1-3H3,(H2,20,21,22). The quantitative estimate of drug-likeness (QED) is 0.634. The number of hydrogen-bond acceptors (Lipinski definition) is 4. The summed E-state index contributed by atoms with van der Waals surface area (Å²) in [6, 6.07) is 9.95. The van der Waals surface area contributed by atoms with Crippen molar-refractivity contribution in [2.75, 3.05) is 25.0 Å². The van der Waals surface area contributed by atoms with E-state index < -0.39 is 0 Å². The molecule has 0 saturated carbocycles. The number of carbonyl (C=O) groups excluding carboxylic acids is 1. The van der Waals surface area contributed by atoms with Crippen molar-refractivity contribution < 1.29 is 9.32 Å². The molecule has 2 aromatic rings. The lowest BCUT2D eigenvalue weighted by atomic mass is 10.1. The minimum atomic E-state index is 0.0275. The van der Waals surface area contributed by atoms with Crippen LogP contribution in [-0.2, 0) is 17.8 Å². The first-order valence-electron chi connectivity index (χ1n) is 8.86. The van der Waals surface area contributed by atoms with E-state index in [0.29, 0.717) is 18.4 Å². The molecule has 2 heterocycles. The molecule has 1 aliphatic heterocycles. The van der Waals surface area contributed by atoms with E-state index in [9.17, 15) is 4.79 Å². The number of carbonyl (C=O) groups is 1. The van der Waals surface area contributed by atoms with Crippen LogP contribution in [0, 0.1) is 0 Å². The summed E-state index contributed by atoms with van der Waals surface area (Å²) in [5.74, 6) is 1.63. The average Bonchev–Trinajstić information content (AvgIpc) is 3.28. The molecule has 0 unspecified atom stereocenters. The smallest absolute Gasteiger partial charge is 0.246 e. The van der Waals surface area contributed by atoms with Gasteiger partial charge in [-0.15, -0.1) is 0 Å². The van der Waals surface area contributed by atoms with Gasteiger partial charge in [-0.2, -0.15) is 0 Å². The monoisotopic (exact) mass is 355 g/mol. The Morgan fingerprint density at radius 1 is 1.35 bits per heavy atom. The topological polar surface area (TPSA) is 82.8 Å². The van der Waals surface area contributed by atoms with Crippen LogP contribution in [0.3, 0.4) is 0 Å². The van der Waals surface area contributed by atoms with E-state index in [0.717, 1.165) is 30.1 Å². The summed E-state index contributed by atoms with van der Waals surface area (Å²) < 4.78 is 5.30. The SMILES string of the molecule is CN=C(NCC(=O)N1CCc2ccccc21)NCc1cc(C(C)C)no1. The lowest BCUT2D eigenvalue weighted by Crippen LogP contribution is -2.44. The van der Waals surface area contributed by atoms with Crippen molar-refractivity contribution in [3.8, 4) is 0 Å². The number of benzene rings is 1. The zero-order valence-corrected chi connectivity index (χ0v) is 15.5. The molecule has 1 amide bonds. The molecule has 1 aromatic carbocycles. The number of aromatic nitrogens is 1. The summed E-state index contributed by atoms with van der Waals surface area (Å²) in [4.78, 5) is 18.5. The summed E-state index contributed by atoms with van der Waals surface area (Å²) in [6.07, 6.45) is 0.901. The number of guanidine groups is 1. The maximum atomic E-state index is 12.5. The highest BCUT2D eigenvalue weighted by molar-refractivity contribution is 5.98. The predicted molar refractivity (Wildman–Crippen MR) is 101 cm³/mol. The highest BCUT2D eigenvalue weighted by Gasteiger charge is 2.23. The van der Waals surface area contributed by atoms with Gasteiger partial charge in [-0.25, -0.2) is 0 Å². The summed E-state index contributed by atoms with van der Waals surface area (Å²) in [7, 11) is 1.67. The Hall–Kier alpha value is -2.83. The van der Waals surface area contributed by atoms with Crippen LogP contribution < -0.4 is 15.5 Å². The Kier molecular flexibility index (Phi) is 5.55. The fourth-order valence-corrected chi connectivity index (χ4v) is 2.93. The minimum Gasteiger partial charge on any atom is -0.359 e. The van der Waals surface area contributed by atoms with E-state index in [2.05, 4.69) is 40.7 Å². The van der Waals surface area contributed by atoms with Gasteiger partial charge in [-0.1, -0.05) is 37.2 Å². The predicted octanol–water partition coefficient (Wildman–Crippen LogP) is 2.05. The second-order valence-corrected chi connectivity index (χ2v) is 6.58. The Morgan fingerprint density at radius 3 is 2.88 bits per heavy atom. The van der Waals surface area contributed by atoms with Gasteiger partial charge < -0.3 is 20.1 Å². The third-order valence-electron chi connectivity index (χ3n) is 4.42. The number of hydrogen-bond donors (Lipinski definition) is 2. The van der Waals surface area contributed by atoms with Crippen molar-refractivity contribution in [2.45, 2.75) is 32.7 Å². The Bertz CT molecular complexity index is 797. The molecular formula is C19H25N5O2. The van der Waals surface area contributed by atoms with E-state index in [1.165, 1.54) is 5.56 Å². The summed E-state index contributed by atoms with van der Waals surface area (Å²) in [5.41, 5.74) is 3.15. The second kappa shape index (κ2) is 8.03. The van der Waals surface area contributed by atoms with Gasteiger partial charge in [0.05, 0.1) is 18.8 Å². The van der Waals surface area contributed by atoms with Crippen LogP contribution in [0.2, 0.25) is 0 Å². The van der Waals surface area contributed by atoms with Crippen molar-refractivity contribution in [3.63, 3.8) is 0 Å². The van der Waals surface area contributed by atoms with Crippen molar-refractivity contribution >= 4 is 17.6 Å². The van der Waals surface area contributed by atoms with E-state index >= 15 is 0 Å². The van der Waals surface area contributed by atoms with Gasteiger partial charge in [-0.05, 0) is 24.0 Å². The molecule has 0 aliphatic carbocycles. The minimum absolute atomic E-state index is 0.0275. The summed E-state index contributed by atoms with van der Waals surface area (Å²) >= 11 is 0. The second-order valence-electron chi connectivity index (χ2n) is 6.58. The zero-order valence-electron chi connectivity index (χ0n) is 15.5. The van der Waals surface area contributed by atoms with Crippen LogP contribution >= 0.6 is 0 Å². The summed E-state index contributed by atoms with van der Waals surface area (Å²) in [6.45, 7) is 5.50. The van der Waals surface area contributed by atoms with Gasteiger partial charge in [0.25, 0.3) is 0 Å². The fraction of sp³-hybridized carbons (Fsp3) is 0.421. The molecule has 0 bridgehead atoms. The van der Waals surface area contributed by atoms with Crippen LogP contribution in [0.15, 0.2) is 39.8 Å². The van der Waals surface area contributed by atoms with Gasteiger partial charge in [0, 0.05) is 25.3 Å². The van der Waals surface area contributed by atoms with Crippen LogP contribution in [0.4, 0.5) is 5.69 Å². The molecule has 0 spiro atoms. The molecule has 3 rings (SSSR count). The molecule has 1 aliphatic rings. The van der Waals surface area contributed by atoms with Gasteiger partial charge in [0.1, 0.15) is 0 Å².